The average Bonchev–Trinajstić information content (AvgIpc) is 2.12. The lowest BCUT2D eigenvalue weighted by atomic mass is 10.1. The first-order chi connectivity index (χ1) is 7.01. The molecule has 0 saturated carbocycles. The minimum absolute atomic E-state index is 0.0182. The molecule has 0 heterocycles. The molecule has 1 N–H and O–H groups in total. The molecule has 0 amide bonds. The van der Waals surface area contributed by atoms with E-state index in [1.54, 1.807) is 6.07 Å². The second-order valence-corrected chi connectivity index (χ2v) is 3.02. The van der Waals surface area contributed by atoms with E-state index in [4.69, 9.17) is 5.11 Å². The highest BCUT2D eigenvalue weighted by Gasteiger charge is 2.30. The normalized spacial score (nSPS) is 11.5. The first kappa shape index (κ1) is 11.8. The minimum atomic E-state index is -4.66. The molecule has 1 rings (SSSR count). The SMILES string of the molecule is OCCCc1cccc(OC(F)(F)F)c1. The molecule has 1 aromatic carbocycles. The van der Waals surface area contributed by atoms with Crippen molar-refractivity contribution in [2.75, 3.05) is 6.61 Å². The number of hydrogen-bond donors (Lipinski definition) is 1. The lowest BCUT2D eigenvalue weighted by Gasteiger charge is -2.09. The van der Waals surface area contributed by atoms with E-state index in [9.17, 15) is 13.2 Å². The van der Waals surface area contributed by atoms with Gasteiger partial charge in [0.25, 0.3) is 0 Å². The molecule has 5 heteroatoms. The summed E-state index contributed by atoms with van der Waals surface area (Å²) in [5.41, 5.74) is 0.714. The van der Waals surface area contributed by atoms with Crippen LogP contribution in [0.4, 0.5) is 13.2 Å². The van der Waals surface area contributed by atoms with Crippen molar-refractivity contribution in [3.8, 4) is 5.75 Å². The Morgan fingerprint density at radius 1 is 1.27 bits per heavy atom. The van der Waals surface area contributed by atoms with Crippen LogP contribution in [0.1, 0.15) is 12.0 Å². The molecule has 1 aromatic rings. The number of aryl methyl sites for hydroxylation is 1. The van der Waals surface area contributed by atoms with Gasteiger partial charge >= 0.3 is 6.36 Å². The summed E-state index contributed by atoms with van der Waals surface area (Å²) < 4.78 is 39.3. The maximum Gasteiger partial charge on any atom is 0.573 e. The molecular formula is C10H11F3O2. The highest BCUT2D eigenvalue weighted by molar-refractivity contribution is 5.28. The Labute approximate surface area is 85.3 Å². The summed E-state index contributed by atoms with van der Waals surface area (Å²) in [4.78, 5) is 0. The van der Waals surface area contributed by atoms with Gasteiger partial charge in [0.1, 0.15) is 5.75 Å². The zero-order valence-electron chi connectivity index (χ0n) is 7.92. The highest BCUT2D eigenvalue weighted by atomic mass is 19.4. The Bertz CT molecular complexity index is 310. The van der Waals surface area contributed by atoms with Crippen molar-refractivity contribution in [2.24, 2.45) is 0 Å². The van der Waals surface area contributed by atoms with Crippen molar-refractivity contribution in [1.82, 2.24) is 0 Å². The zero-order valence-corrected chi connectivity index (χ0v) is 7.92. The van der Waals surface area contributed by atoms with Gasteiger partial charge in [-0.05, 0) is 30.5 Å². The van der Waals surface area contributed by atoms with Gasteiger partial charge in [0.05, 0.1) is 0 Å². The van der Waals surface area contributed by atoms with Gasteiger partial charge in [-0.15, -0.1) is 13.2 Å². The summed E-state index contributed by atoms with van der Waals surface area (Å²) >= 11 is 0. The number of alkyl halides is 3. The Morgan fingerprint density at radius 3 is 2.60 bits per heavy atom. The number of hydrogen-bond acceptors (Lipinski definition) is 2. The predicted molar refractivity (Wildman–Crippen MR) is 48.5 cm³/mol. The third kappa shape index (κ3) is 4.69. The molecule has 0 aliphatic heterocycles. The van der Waals surface area contributed by atoms with Crippen LogP contribution in [-0.4, -0.2) is 18.1 Å². The topological polar surface area (TPSA) is 29.5 Å². The summed E-state index contributed by atoms with van der Waals surface area (Å²) in [5, 5.41) is 8.57. The third-order valence-electron chi connectivity index (χ3n) is 1.76. The van der Waals surface area contributed by atoms with Crippen LogP contribution in [0.15, 0.2) is 24.3 Å². The fraction of sp³-hybridized carbons (Fsp3) is 0.400. The van der Waals surface area contributed by atoms with Crippen LogP contribution >= 0.6 is 0 Å². The maximum absolute atomic E-state index is 11.9. The van der Waals surface area contributed by atoms with E-state index in [2.05, 4.69) is 4.74 Å². The van der Waals surface area contributed by atoms with E-state index in [-0.39, 0.29) is 12.4 Å². The van der Waals surface area contributed by atoms with Crippen molar-refractivity contribution in [2.45, 2.75) is 19.2 Å². The van der Waals surface area contributed by atoms with Crippen molar-refractivity contribution in [1.29, 1.82) is 0 Å². The molecule has 0 atom stereocenters. The van der Waals surface area contributed by atoms with Crippen molar-refractivity contribution < 1.29 is 23.0 Å². The summed E-state index contributed by atoms with van der Waals surface area (Å²) in [6.45, 7) is 0.0182. The molecule has 0 radical (unpaired) electrons. The molecule has 0 saturated heterocycles. The van der Waals surface area contributed by atoms with Crippen LogP contribution in [0.25, 0.3) is 0 Å². The Morgan fingerprint density at radius 2 is 2.00 bits per heavy atom. The average molecular weight is 220 g/mol. The van der Waals surface area contributed by atoms with Crippen LogP contribution < -0.4 is 4.74 Å². The fourth-order valence-electron chi connectivity index (χ4n) is 1.18. The van der Waals surface area contributed by atoms with Gasteiger partial charge < -0.3 is 9.84 Å². The van der Waals surface area contributed by atoms with Gasteiger partial charge in [0.2, 0.25) is 0 Å². The second-order valence-electron chi connectivity index (χ2n) is 3.02. The number of rotatable bonds is 4. The minimum Gasteiger partial charge on any atom is -0.406 e. The van der Waals surface area contributed by atoms with E-state index in [1.807, 2.05) is 0 Å². The first-order valence-corrected chi connectivity index (χ1v) is 4.47. The van der Waals surface area contributed by atoms with Gasteiger partial charge in [-0.1, -0.05) is 12.1 Å². The third-order valence-corrected chi connectivity index (χ3v) is 1.76. The number of aliphatic hydroxyl groups is 1. The number of halogens is 3. The van der Waals surface area contributed by atoms with Crippen molar-refractivity contribution in [3.63, 3.8) is 0 Å². The first-order valence-electron chi connectivity index (χ1n) is 4.47. The Kier molecular flexibility index (Phi) is 3.96. The Balaban J connectivity index is 2.66. The zero-order chi connectivity index (χ0) is 11.3. The summed E-state index contributed by atoms with van der Waals surface area (Å²) in [6.07, 6.45) is -3.60. The predicted octanol–water partition coefficient (Wildman–Crippen LogP) is 2.51. The van der Waals surface area contributed by atoms with E-state index in [0.717, 1.165) is 0 Å². The largest absolute Gasteiger partial charge is 0.573 e. The molecule has 0 spiro atoms. The molecule has 0 unspecified atom stereocenters. The summed E-state index contributed by atoms with van der Waals surface area (Å²) in [5.74, 6) is -0.224. The van der Waals surface area contributed by atoms with Gasteiger partial charge in [-0.3, -0.25) is 0 Å². The molecule has 2 nitrogen and oxygen atoms in total. The van der Waals surface area contributed by atoms with Crippen molar-refractivity contribution in [3.05, 3.63) is 29.8 Å². The molecule has 0 aliphatic carbocycles. The second kappa shape index (κ2) is 5.02. The molecule has 0 aromatic heterocycles. The summed E-state index contributed by atoms with van der Waals surface area (Å²) in [7, 11) is 0. The number of aliphatic hydroxyl groups excluding tert-OH is 1. The molecule has 0 fully saturated rings. The molecule has 15 heavy (non-hydrogen) atoms. The van der Waals surface area contributed by atoms with Crippen molar-refractivity contribution >= 4 is 0 Å². The number of ether oxygens (including phenoxy) is 1. The lowest BCUT2D eigenvalue weighted by molar-refractivity contribution is -0.274. The van der Waals surface area contributed by atoms with Crippen LogP contribution in [0.2, 0.25) is 0 Å². The van der Waals surface area contributed by atoms with E-state index < -0.39 is 6.36 Å². The summed E-state index contributed by atoms with van der Waals surface area (Å²) in [6, 6.07) is 5.76. The quantitative estimate of drug-likeness (QED) is 0.844. The van der Waals surface area contributed by atoms with E-state index >= 15 is 0 Å². The Hall–Kier alpha value is -1.23. The highest BCUT2D eigenvalue weighted by Crippen LogP contribution is 2.23. The van der Waals surface area contributed by atoms with Crippen LogP contribution in [-0.2, 0) is 6.42 Å². The molecule has 84 valence electrons. The van der Waals surface area contributed by atoms with Gasteiger partial charge in [-0.25, -0.2) is 0 Å². The van der Waals surface area contributed by atoms with Crippen LogP contribution in [0, 0.1) is 0 Å². The maximum atomic E-state index is 11.9. The van der Waals surface area contributed by atoms with E-state index in [0.29, 0.717) is 18.4 Å². The van der Waals surface area contributed by atoms with Crippen LogP contribution in [0.5, 0.6) is 5.75 Å². The standard InChI is InChI=1S/C10H11F3O2/c11-10(12,13)15-9-5-1-3-8(7-9)4-2-6-14/h1,3,5,7,14H,2,4,6H2. The molecule has 0 aliphatic rings. The molecular weight excluding hydrogens is 209 g/mol. The fourth-order valence-corrected chi connectivity index (χ4v) is 1.18. The van der Waals surface area contributed by atoms with Crippen LogP contribution in [0.3, 0.4) is 0 Å². The molecule has 0 bridgehead atoms. The van der Waals surface area contributed by atoms with E-state index in [1.165, 1.54) is 18.2 Å². The smallest absolute Gasteiger partial charge is 0.406 e. The van der Waals surface area contributed by atoms with Gasteiger partial charge in [0.15, 0.2) is 0 Å². The monoisotopic (exact) mass is 220 g/mol. The lowest BCUT2D eigenvalue weighted by Crippen LogP contribution is -2.17. The van der Waals surface area contributed by atoms with Gasteiger partial charge in [0, 0.05) is 6.61 Å². The van der Waals surface area contributed by atoms with Gasteiger partial charge in [-0.2, -0.15) is 0 Å². The number of benzene rings is 1.